The van der Waals surface area contributed by atoms with Crippen molar-refractivity contribution >= 4 is 23.4 Å². The molecule has 0 unspecified atom stereocenters. The smallest absolute Gasteiger partial charge is 0.258 e. The fourth-order valence-electron chi connectivity index (χ4n) is 2.99. The summed E-state index contributed by atoms with van der Waals surface area (Å²) in [5, 5.41) is 9.63. The molecule has 0 radical (unpaired) electrons. The van der Waals surface area contributed by atoms with Crippen LogP contribution in [0.15, 0.2) is 59.3 Å². The number of carbonyl (C=O) groups is 1. The molecular formula is C23H20FN5O3. The zero-order valence-electron chi connectivity index (χ0n) is 17.6. The first kappa shape index (κ1) is 21.0. The molecule has 0 atom stereocenters. The highest BCUT2D eigenvalue weighted by molar-refractivity contribution is 6.04. The molecule has 0 aliphatic carbocycles. The molecule has 4 aromatic rings. The van der Waals surface area contributed by atoms with Gasteiger partial charge in [0.05, 0.1) is 18.5 Å². The summed E-state index contributed by atoms with van der Waals surface area (Å²) in [4.78, 5) is 21.2. The van der Waals surface area contributed by atoms with Crippen LogP contribution in [0.2, 0.25) is 0 Å². The van der Waals surface area contributed by atoms with E-state index in [1.807, 2.05) is 6.92 Å². The van der Waals surface area contributed by atoms with Crippen LogP contribution in [-0.4, -0.2) is 28.1 Å². The Bertz CT molecular complexity index is 1270. The van der Waals surface area contributed by atoms with Crippen LogP contribution in [0, 0.1) is 19.7 Å². The van der Waals surface area contributed by atoms with Crippen molar-refractivity contribution in [3.05, 3.63) is 77.4 Å². The van der Waals surface area contributed by atoms with Gasteiger partial charge in [-0.15, -0.1) is 0 Å². The van der Waals surface area contributed by atoms with Crippen molar-refractivity contribution in [2.75, 3.05) is 17.7 Å². The van der Waals surface area contributed by atoms with E-state index in [0.717, 1.165) is 11.3 Å². The van der Waals surface area contributed by atoms with Crippen molar-refractivity contribution in [1.29, 1.82) is 0 Å². The summed E-state index contributed by atoms with van der Waals surface area (Å²) in [5.74, 6) is 0.352. The largest absolute Gasteiger partial charge is 0.496 e. The zero-order chi connectivity index (χ0) is 22.7. The van der Waals surface area contributed by atoms with Gasteiger partial charge in [-0.1, -0.05) is 5.16 Å². The monoisotopic (exact) mass is 433 g/mol. The highest BCUT2D eigenvalue weighted by Gasteiger charge is 2.14. The van der Waals surface area contributed by atoms with Gasteiger partial charge >= 0.3 is 0 Å². The lowest BCUT2D eigenvalue weighted by Gasteiger charge is -2.10. The minimum absolute atomic E-state index is 0.308. The molecule has 0 aliphatic heterocycles. The van der Waals surface area contributed by atoms with Crippen LogP contribution in [0.4, 0.5) is 21.9 Å². The lowest BCUT2D eigenvalue weighted by Crippen LogP contribution is -2.12. The topological polar surface area (TPSA) is 102 Å². The molecule has 2 aromatic carbocycles. The lowest BCUT2D eigenvalue weighted by molar-refractivity contribution is 0.102. The van der Waals surface area contributed by atoms with Gasteiger partial charge in [0.25, 0.3) is 5.91 Å². The molecular weight excluding hydrogens is 413 g/mol. The van der Waals surface area contributed by atoms with E-state index in [-0.39, 0.29) is 5.91 Å². The van der Waals surface area contributed by atoms with Crippen LogP contribution in [0.5, 0.6) is 5.75 Å². The number of halogens is 1. The van der Waals surface area contributed by atoms with Crippen LogP contribution in [0.25, 0.3) is 11.3 Å². The highest BCUT2D eigenvalue weighted by atomic mass is 19.1. The summed E-state index contributed by atoms with van der Waals surface area (Å²) in [7, 11) is 1.47. The first-order valence-electron chi connectivity index (χ1n) is 9.73. The summed E-state index contributed by atoms with van der Waals surface area (Å²) < 4.78 is 23.9. The third-order valence-electron chi connectivity index (χ3n) is 4.88. The molecule has 9 heteroatoms. The predicted octanol–water partition coefficient (Wildman–Crippen LogP) is 4.89. The molecule has 2 aromatic heterocycles. The number of nitrogens with zero attached hydrogens (tertiary/aromatic N) is 3. The number of hydrogen-bond donors (Lipinski definition) is 2. The molecule has 0 saturated carbocycles. The molecule has 32 heavy (non-hydrogen) atoms. The van der Waals surface area contributed by atoms with Crippen molar-refractivity contribution in [3.8, 4) is 17.0 Å². The van der Waals surface area contributed by atoms with Crippen molar-refractivity contribution in [1.82, 2.24) is 15.1 Å². The quantitative estimate of drug-likeness (QED) is 0.446. The first-order valence-corrected chi connectivity index (χ1v) is 9.73. The molecule has 0 bridgehead atoms. The van der Waals surface area contributed by atoms with Gasteiger partial charge in [0.15, 0.2) is 0 Å². The van der Waals surface area contributed by atoms with Crippen molar-refractivity contribution in [3.63, 3.8) is 0 Å². The second-order valence-electron chi connectivity index (χ2n) is 6.99. The summed E-state index contributed by atoms with van der Waals surface area (Å²) in [6, 6.07) is 12.8. The van der Waals surface area contributed by atoms with E-state index in [9.17, 15) is 9.18 Å². The summed E-state index contributed by atoms with van der Waals surface area (Å²) in [6.45, 7) is 3.63. The molecule has 4 rings (SSSR count). The molecule has 0 fully saturated rings. The van der Waals surface area contributed by atoms with Crippen LogP contribution < -0.4 is 15.4 Å². The maximum Gasteiger partial charge on any atom is 0.258 e. The number of methoxy groups -OCH3 is 1. The van der Waals surface area contributed by atoms with Gasteiger partial charge in [0.2, 0.25) is 11.8 Å². The molecule has 8 nitrogen and oxygen atoms in total. The third kappa shape index (κ3) is 4.41. The van der Waals surface area contributed by atoms with Crippen molar-refractivity contribution in [2.45, 2.75) is 13.8 Å². The van der Waals surface area contributed by atoms with E-state index in [1.54, 1.807) is 49.5 Å². The fraction of sp³-hybridized carbons (Fsp3) is 0.130. The maximum absolute atomic E-state index is 13.5. The minimum atomic E-state index is -0.393. The summed E-state index contributed by atoms with van der Waals surface area (Å²) >= 11 is 0. The van der Waals surface area contributed by atoms with E-state index in [1.165, 1.54) is 19.2 Å². The third-order valence-corrected chi connectivity index (χ3v) is 4.88. The van der Waals surface area contributed by atoms with Gasteiger partial charge in [-0.25, -0.2) is 14.4 Å². The number of ether oxygens (including phenoxy) is 1. The standard InChI is InChI=1S/C23H20FN5O3/c1-13-14(2)29-32-22(13)28-21(30)15-4-7-17(8-5-15)26-23-25-11-10-19(27-23)18-9-6-16(24)12-20(18)31-3/h4-12H,1-3H3,(H,28,30)(H,25,26,27). The first-order chi connectivity index (χ1) is 15.4. The number of nitrogens with one attached hydrogen (secondary N) is 2. The Labute approximate surface area is 183 Å². The molecule has 2 heterocycles. The number of rotatable bonds is 6. The second kappa shape index (κ2) is 8.84. The van der Waals surface area contributed by atoms with Gasteiger partial charge in [0.1, 0.15) is 11.6 Å². The SMILES string of the molecule is COc1cc(F)ccc1-c1ccnc(Nc2ccc(C(=O)Nc3onc(C)c3C)cc2)n1. The number of aromatic nitrogens is 3. The van der Waals surface area contributed by atoms with Gasteiger partial charge in [-0.2, -0.15) is 0 Å². The van der Waals surface area contributed by atoms with Crippen LogP contribution in [0.1, 0.15) is 21.6 Å². The van der Waals surface area contributed by atoms with Crippen LogP contribution >= 0.6 is 0 Å². The fourth-order valence-corrected chi connectivity index (χ4v) is 2.99. The van der Waals surface area contributed by atoms with Gasteiger partial charge in [-0.3, -0.25) is 10.1 Å². The number of carbonyl (C=O) groups excluding carboxylic acids is 1. The molecule has 162 valence electrons. The Hall–Kier alpha value is -4.27. The average Bonchev–Trinajstić information content (AvgIpc) is 3.11. The normalized spacial score (nSPS) is 10.6. The van der Waals surface area contributed by atoms with Gasteiger partial charge in [-0.05, 0) is 56.3 Å². The minimum Gasteiger partial charge on any atom is -0.496 e. The second-order valence-corrected chi connectivity index (χ2v) is 6.99. The van der Waals surface area contributed by atoms with Gasteiger partial charge < -0.3 is 14.6 Å². The highest BCUT2D eigenvalue weighted by Crippen LogP contribution is 2.30. The summed E-state index contributed by atoms with van der Waals surface area (Å²) in [5.41, 5.74) is 3.87. The molecule has 1 amide bonds. The molecule has 0 spiro atoms. The molecule has 2 N–H and O–H groups in total. The summed E-state index contributed by atoms with van der Waals surface area (Å²) in [6.07, 6.45) is 1.59. The number of anilines is 3. The Balaban J connectivity index is 1.49. The van der Waals surface area contributed by atoms with E-state index in [0.29, 0.717) is 40.1 Å². The van der Waals surface area contributed by atoms with Crippen LogP contribution in [-0.2, 0) is 0 Å². The Morgan fingerprint density at radius 3 is 2.56 bits per heavy atom. The average molecular weight is 433 g/mol. The Morgan fingerprint density at radius 1 is 1.09 bits per heavy atom. The predicted molar refractivity (Wildman–Crippen MR) is 118 cm³/mol. The molecule has 0 saturated heterocycles. The number of amides is 1. The van der Waals surface area contributed by atoms with Crippen molar-refractivity contribution < 1.29 is 18.4 Å². The van der Waals surface area contributed by atoms with E-state index < -0.39 is 5.82 Å². The van der Waals surface area contributed by atoms with E-state index >= 15 is 0 Å². The van der Waals surface area contributed by atoms with E-state index in [2.05, 4.69) is 25.8 Å². The molecule has 0 aliphatic rings. The number of hydrogen-bond acceptors (Lipinski definition) is 7. The number of benzene rings is 2. The van der Waals surface area contributed by atoms with Crippen molar-refractivity contribution in [2.24, 2.45) is 0 Å². The van der Waals surface area contributed by atoms with E-state index in [4.69, 9.17) is 9.26 Å². The maximum atomic E-state index is 13.5. The van der Waals surface area contributed by atoms with Gasteiger partial charge in [0, 0.05) is 34.6 Å². The lowest BCUT2D eigenvalue weighted by atomic mass is 10.1. The Kier molecular flexibility index (Phi) is 5.80. The van der Waals surface area contributed by atoms with Crippen LogP contribution in [0.3, 0.4) is 0 Å². The Morgan fingerprint density at radius 2 is 1.88 bits per heavy atom. The zero-order valence-corrected chi connectivity index (χ0v) is 17.6. The number of aryl methyl sites for hydroxylation is 1.